The van der Waals surface area contributed by atoms with Crippen molar-refractivity contribution in [2.24, 2.45) is 5.92 Å². The second-order valence-corrected chi connectivity index (χ2v) is 6.08. The minimum absolute atomic E-state index is 0.0276. The highest BCUT2D eigenvalue weighted by Crippen LogP contribution is 2.21. The van der Waals surface area contributed by atoms with Crippen LogP contribution in [0.2, 0.25) is 0 Å². The Balaban J connectivity index is 2.28. The number of hydrogen-bond acceptors (Lipinski definition) is 2. The summed E-state index contributed by atoms with van der Waals surface area (Å²) >= 11 is 3.19. The molecule has 0 aliphatic carbocycles. The van der Waals surface area contributed by atoms with E-state index in [2.05, 4.69) is 21.2 Å². The maximum Gasteiger partial charge on any atom is 0.243 e. The van der Waals surface area contributed by atoms with Crippen molar-refractivity contribution in [3.8, 4) is 0 Å². The minimum Gasteiger partial charge on any atom is -0.345 e. The van der Waals surface area contributed by atoms with Crippen molar-refractivity contribution in [3.05, 3.63) is 34.1 Å². The van der Waals surface area contributed by atoms with E-state index in [-0.39, 0.29) is 36.6 Å². The molecule has 1 fully saturated rings. The highest BCUT2D eigenvalue weighted by atomic mass is 79.9. The van der Waals surface area contributed by atoms with Crippen molar-refractivity contribution in [1.82, 2.24) is 10.2 Å². The fourth-order valence-corrected chi connectivity index (χ4v) is 2.68. The fourth-order valence-electron chi connectivity index (χ4n) is 2.35. The summed E-state index contributed by atoms with van der Waals surface area (Å²) in [6.07, 6.45) is 0. The van der Waals surface area contributed by atoms with Gasteiger partial charge in [0.05, 0.1) is 6.54 Å². The van der Waals surface area contributed by atoms with Crippen molar-refractivity contribution >= 4 is 27.7 Å². The number of amides is 2. The lowest BCUT2D eigenvalue weighted by Gasteiger charge is -2.37. The van der Waals surface area contributed by atoms with Gasteiger partial charge in [0.15, 0.2) is 0 Å². The van der Waals surface area contributed by atoms with Crippen molar-refractivity contribution in [1.29, 1.82) is 0 Å². The van der Waals surface area contributed by atoms with Gasteiger partial charge in [-0.3, -0.25) is 9.59 Å². The maximum absolute atomic E-state index is 13.9. The largest absolute Gasteiger partial charge is 0.345 e. The molecule has 0 radical (unpaired) electrons. The van der Waals surface area contributed by atoms with Gasteiger partial charge in [-0.25, -0.2) is 4.39 Å². The van der Waals surface area contributed by atoms with Crippen LogP contribution < -0.4 is 5.32 Å². The Morgan fingerprint density at radius 1 is 1.45 bits per heavy atom. The number of piperazine rings is 1. The molecule has 1 N–H and O–H groups in total. The SMILES string of the molecule is CC(C)C1C(=O)NCC(=O)N1Cc1ccc(Br)cc1F. The molecule has 6 heteroatoms. The lowest BCUT2D eigenvalue weighted by Crippen LogP contribution is -2.59. The average Bonchev–Trinajstić information content (AvgIpc) is 2.36. The van der Waals surface area contributed by atoms with Crippen molar-refractivity contribution in [2.45, 2.75) is 26.4 Å². The van der Waals surface area contributed by atoms with Crippen LogP contribution in [0.4, 0.5) is 4.39 Å². The fraction of sp³-hybridized carbons (Fsp3) is 0.429. The zero-order valence-electron chi connectivity index (χ0n) is 11.3. The first kappa shape index (κ1) is 15.0. The first-order chi connectivity index (χ1) is 9.40. The van der Waals surface area contributed by atoms with Crippen LogP contribution in [0.1, 0.15) is 19.4 Å². The third-order valence-corrected chi connectivity index (χ3v) is 3.82. The Morgan fingerprint density at radius 3 is 2.75 bits per heavy atom. The van der Waals surface area contributed by atoms with Crippen LogP contribution in [0.3, 0.4) is 0 Å². The van der Waals surface area contributed by atoms with Crippen LogP contribution in [-0.4, -0.2) is 29.3 Å². The van der Waals surface area contributed by atoms with Crippen LogP contribution in [0.15, 0.2) is 22.7 Å². The summed E-state index contributed by atoms with van der Waals surface area (Å²) in [6.45, 7) is 3.82. The molecule has 2 amide bonds. The van der Waals surface area contributed by atoms with Gasteiger partial charge in [-0.05, 0) is 18.1 Å². The number of hydrogen-bond donors (Lipinski definition) is 1. The van der Waals surface area contributed by atoms with Gasteiger partial charge in [0, 0.05) is 16.6 Å². The summed E-state index contributed by atoms with van der Waals surface area (Å²) in [5.74, 6) is -0.791. The van der Waals surface area contributed by atoms with Crippen LogP contribution in [-0.2, 0) is 16.1 Å². The molecule has 1 saturated heterocycles. The van der Waals surface area contributed by atoms with Crippen LogP contribution in [0.5, 0.6) is 0 Å². The number of nitrogens with one attached hydrogen (secondary N) is 1. The van der Waals surface area contributed by atoms with Gasteiger partial charge >= 0.3 is 0 Å². The maximum atomic E-state index is 13.9. The van der Waals surface area contributed by atoms with E-state index in [1.54, 1.807) is 12.1 Å². The Labute approximate surface area is 125 Å². The summed E-state index contributed by atoms with van der Waals surface area (Å²) in [4.78, 5) is 25.4. The Hall–Kier alpha value is -1.43. The third kappa shape index (κ3) is 3.00. The van der Waals surface area contributed by atoms with E-state index in [0.29, 0.717) is 10.0 Å². The second-order valence-electron chi connectivity index (χ2n) is 5.16. The summed E-state index contributed by atoms with van der Waals surface area (Å²) < 4.78 is 14.5. The van der Waals surface area contributed by atoms with Gasteiger partial charge in [0.25, 0.3) is 0 Å². The molecule has 1 atom stereocenters. The monoisotopic (exact) mass is 342 g/mol. The molecular formula is C14H16BrFN2O2. The van der Waals surface area contributed by atoms with Crippen molar-refractivity contribution in [3.63, 3.8) is 0 Å². The molecule has 1 aromatic rings. The highest BCUT2D eigenvalue weighted by Gasteiger charge is 2.36. The van der Waals surface area contributed by atoms with E-state index in [4.69, 9.17) is 0 Å². The zero-order valence-corrected chi connectivity index (χ0v) is 12.9. The number of rotatable bonds is 3. The normalized spacial score (nSPS) is 19.4. The molecule has 0 spiro atoms. The van der Waals surface area contributed by atoms with Crippen molar-refractivity contribution < 1.29 is 14.0 Å². The molecule has 0 saturated carbocycles. The predicted octanol–water partition coefficient (Wildman–Crippen LogP) is 2.07. The van der Waals surface area contributed by atoms with Gasteiger partial charge in [-0.1, -0.05) is 35.8 Å². The van der Waals surface area contributed by atoms with Crippen LogP contribution in [0.25, 0.3) is 0 Å². The van der Waals surface area contributed by atoms with E-state index in [1.165, 1.54) is 11.0 Å². The lowest BCUT2D eigenvalue weighted by atomic mass is 9.98. The van der Waals surface area contributed by atoms with E-state index >= 15 is 0 Å². The molecule has 1 heterocycles. The molecule has 0 bridgehead atoms. The molecule has 1 unspecified atom stereocenters. The topological polar surface area (TPSA) is 49.4 Å². The van der Waals surface area contributed by atoms with Crippen molar-refractivity contribution in [2.75, 3.05) is 6.54 Å². The Kier molecular flexibility index (Phi) is 4.42. The molecule has 1 aliphatic rings. The number of carbonyl (C=O) groups is 2. The van der Waals surface area contributed by atoms with Crippen LogP contribution >= 0.6 is 15.9 Å². The number of halogens is 2. The standard InChI is InChI=1S/C14H16BrFN2O2/c1-8(2)13-14(20)17-6-12(19)18(13)7-9-3-4-10(15)5-11(9)16/h3-5,8,13H,6-7H2,1-2H3,(H,17,20). The van der Waals surface area contributed by atoms with E-state index in [0.717, 1.165) is 0 Å². The Bertz CT molecular complexity index is 548. The summed E-state index contributed by atoms with van der Waals surface area (Å²) in [6, 6.07) is 4.14. The molecule has 1 aromatic carbocycles. The van der Waals surface area contributed by atoms with Gasteiger partial charge < -0.3 is 10.2 Å². The highest BCUT2D eigenvalue weighted by molar-refractivity contribution is 9.10. The minimum atomic E-state index is -0.556. The van der Waals surface area contributed by atoms with Gasteiger partial charge in [0.1, 0.15) is 11.9 Å². The quantitative estimate of drug-likeness (QED) is 0.914. The van der Waals surface area contributed by atoms with E-state index < -0.39 is 6.04 Å². The lowest BCUT2D eigenvalue weighted by molar-refractivity contribution is -0.148. The molecule has 0 aromatic heterocycles. The van der Waals surface area contributed by atoms with Gasteiger partial charge in [-0.15, -0.1) is 0 Å². The average molecular weight is 343 g/mol. The molecule has 1 aliphatic heterocycles. The summed E-state index contributed by atoms with van der Waals surface area (Å²) in [5, 5.41) is 2.57. The molecule has 4 nitrogen and oxygen atoms in total. The van der Waals surface area contributed by atoms with E-state index in [9.17, 15) is 14.0 Å². The number of benzene rings is 1. The van der Waals surface area contributed by atoms with Gasteiger partial charge in [-0.2, -0.15) is 0 Å². The number of nitrogens with zero attached hydrogens (tertiary/aromatic N) is 1. The van der Waals surface area contributed by atoms with E-state index in [1.807, 2.05) is 13.8 Å². The predicted molar refractivity (Wildman–Crippen MR) is 76.3 cm³/mol. The first-order valence-electron chi connectivity index (χ1n) is 6.41. The third-order valence-electron chi connectivity index (χ3n) is 3.33. The number of carbonyl (C=O) groups excluding carboxylic acids is 2. The zero-order chi connectivity index (χ0) is 14.9. The summed E-state index contributed by atoms with van der Waals surface area (Å²) in [7, 11) is 0. The van der Waals surface area contributed by atoms with Crippen LogP contribution in [0, 0.1) is 11.7 Å². The van der Waals surface area contributed by atoms with Gasteiger partial charge in [0.2, 0.25) is 11.8 Å². The summed E-state index contributed by atoms with van der Waals surface area (Å²) in [5.41, 5.74) is 0.405. The second kappa shape index (κ2) is 5.91. The molecular weight excluding hydrogens is 327 g/mol. The Morgan fingerprint density at radius 2 is 2.15 bits per heavy atom. The molecule has 2 rings (SSSR count). The molecule has 108 valence electrons. The molecule has 20 heavy (non-hydrogen) atoms. The smallest absolute Gasteiger partial charge is 0.243 e. The first-order valence-corrected chi connectivity index (χ1v) is 7.20.